The number of hydrogen-bond donors (Lipinski definition) is 0. The predicted molar refractivity (Wildman–Crippen MR) is 474 cm³/mol. The van der Waals surface area contributed by atoms with Crippen molar-refractivity contribution in [1.29, 1.82) is 0 Å². The summed E-state index contributed by atoms with van der Waals surface area (Å²) in [5, 5.41) is 13.2. The second kappa shape index (κ2) is 26.9. The smallest absolute Gasteiger partial charge is 0.238 e. The Bertz CT molecular complexity index is 8150. The molecule has 8 heterocycles. The Morgan fingerprint density at radius 2 is 0.615 bits per heavy atom. The van der Waals surface area contributed by atoms with Crippen LogP contribution in [-0.4, -0.2) is 48.2 Å². The highest BCUT2D eigenvalue weighted by molar-refractivity contribution is 7.25. The molecule has 14 heteroatoms. The Balaban J connectivity index is 0.000000138. The lowest BCUT2D eigenvalue weighted by Crippen LogP contribution is -2.06. The number of fused-ring (bicyclic) bond motifs is 18. The van der Waals surface area contributed by atoms with Gasteiger partial charge in [0.15, 0.2) is 23.3 Å². The van der Waals surface area contributed by atoms with Gasteiger partial charge < -0.3 is 13.6 Å². The molecule has 0 spiro atoms. The summed E-state index contributed by atoms with van der Waals surface area (Å²) in [6.45, 7) is 2.10. The summed E-state index contributed by atoms with van der Waals surface area (Å²) in [5.74, 6) is 1.17. The third-order valence-electron chi connectivity index (χ3n) is 22.7. The number of rotatable bonds is 10. The molecule has 0 fully saturated rings. The fourth-order valence-corrected chi connectivity index (χ4v) is 18.4. The maximum atomic E-state index is 14.9. The first kappa shape index (κ1) is 67.3. The molecule has 0 saturated carbocycles. The normalized spacial score (nSPS) is 11.9. The summed E-state index contributed by atoms with van der Waals surface area (Å²) >= 11 is 1.83. The van der Waals surface area contributed by atoms with Gasteiger partial charge in [-0.2, -0.15) is 19.9 Å². The molecule has 0 aliphatic carbocycles. The number of aryl methyl sites for hydroxylation is 1. The molecule has 16 aromatic carbocycles. The molecule has 0 radical (unpaired) electrons. The number of para-hydroxylation sites is 5. The van der Waals surface area contributed by atoms with Gasteiger partial charge in [-0.05, 0) is 169 Å². The molecule has 117 heavy (non-hydrogen) atoms. The van der Waals surface area contributed by atoms with Gasteiger partial charge in [-0.3, -0.25) is 9.13 Å². The zero-order chi connectivity index (χ0) is 77.5. The predicted octanol–water partition coefficient (Wildman–Crippen LogP) is 27.0. The molecule has 0 unspecified atom stereocenters. The lowest BCUT2D eigenvalue weighted by Gasteiger charge is -2.12. The summed E-state index contributed by atoms with van der Waals surface area (Å²) in [7, 11) is 0. The molecule has 24 aromatic rings. The number of benzene rings is 16. The average molecular weight is 1530 g/mol. The zero-order valence-corrected chi connectivity index (χ0v) is 63.4. The van der Waals surface area contributed by atoms with Gasteiger partial charge in [0.1, 0.15) is 22.8 Å². The number of furan rings is 1. The van der Waals surface area contributed by atoms with E-state index in [1.54, 1.807) is 0 Å². The maximum Gasteiger partial charge on any atom is 0.238 e. The van der Waals surface area contributed by atoms with Crippen LogP contribution in [0.4, 0.5) is 8.78 Å². The number of aromatic nitrogens is 10. The topological polar surface area (TPSA) is 110 Å². The maximum absolute atomic E-state index is 14.9. The molecule has 8 aromatic heterocycles. The SMILES string of the molecule is Cc1ccc(-c2nc(-c3ccc4c(c3)c3ccccc3n4-c3ccccc3)nc(-n3c4ccc(-c5ccccc5)cc4c4cc5c(cc43)sc3ccccc35)n2)cc1.Fc1cc(F)cc(-c2nc(-c3ccc4c(c3)c3ccccc3n4-c3ccccc3)nc(-n3c4ccc(-c5ccccc5)cc4c4cc5c(cc43)oc3ccccc35)n2)c1. The molecule has 0 saturated heterocycles. The minimum atomic E-state index is -0.726. The quantitative estimate of drug-likeness (QED) is 0.134. The van der Waals surface area contributed by atoms with Crippen LogP contribution in [0.3, 0.4) is 0 Å². The van der Waals surface area contributed by atoms with Crippen LogP contribution in [-0.2, 0) is 0 Å². The second-order valence-corrected chi connectivity index (χ2v) is 30.8. The van der Waals surface area contributed by atoms with Crippen LogP contribution >= 0.6 is 11.3 Å². The van der Waals surface area contributed by atoms with Crippen LogP contribution in [0.5, 0.6) is 0 Å². The van der Waals surface area contributed by atoms with Crippen LogP contribution in [0, 0.1) is 18.6 Å². The van der Waals surface area contributed by atoms with Crippen molar-refractivity contribution in [1.82, 2.24) is 48.2 Å². The zero-order valence-electron chi connectivity index (χ0n) is 62.6. The highest BCUT2D eigenvalue weighted by Gasteiger charge is 2.26. The molecule has 24 rings (SSSR count). The molecule has 0 atom stereocenters. The largest absolute Gasteiger partial charge is 0.456 e. The van der Waals surface area contributed by atoms with Crippen LogP contribution in [0.15, 0.2) is 362 Å². The van der Waals surface area contributed by atoms with Crippen molar-refractivity contribution >= 4 is 141 Å². The number of nitrogens with zero attached hydrogens (tertiary/aromatic N) is 10. The first-order valence-corrected chi connectivity index (χ1v) is 39.6. The Morgan fingerprint density at radius 3 is 1.15 bits per heavy atom. The molecule has 0 N–H and O–H groups in total. The molecule has 550 valence electrons. The van der Waals surface area contributed by atoms with Crippen LogP contribution in [0.1, 0.15) is 5.56 Å². The van der Waals surface area contributed by atoms with E-state index in [2.05, 4.69) is 281 Å². The van der Waals surface area contributed by atoms with E-state index in [0.29, 0.717) is 35.0 Å². The van der Waals surface area contributed by atoms with Crippen molar-refractivity contribution in [3.8, 4) is 91.1 Å². The van der Waals surface area contributed by atoms with Crippen molar-refractivity contribution in [2.45, 2.75) is 6.92 Å². The highest BCUT2D eigenvalue weighted by atomic mass is 32.1. The van der Waals surface area contributed by atoms with Crippen molar-refractivity contribution in [3.05, 3.63) is 375 Å². The number of thiophene rings is 1. The Hall–Kier alpha value is -15.4. The molecular formula is C103H62F2N10OS. The molecule has 0 aliphatic heterocycles. The van der Waals surface area contributed by atoms with Gasteiger partial charge in [-0.25, -0.2) is 18.7 Å². The summed E-state index contributed by atoms with van der Waals surface area (Å²) in [6, 6.07) is 122. The monoisotopic (exact) mass is 1520 g/mol. The number of halogens is 2. The summed E-state index contributed by atoms with van der Waals surface area (Å²) in [4.78, 5) is 31.0. The minimum absolute atomic E-state index is 0.135. The fraction of sp³-hybridized carbons (Fsp3) is 0.00971. The molecule has 11 nitrogen and oxygen atoms in total. The molecule has 0 aliphatic rings. The summed E-state index contributed by atoms with van der Waals surface area (Å²) in [6.07, 6.45) is 0. The lowest BCUT2D eigenvalue weighted by molar-refractivity contribution is 0.584. The first-order valence-electron chi connectivity index (χ1n) is 38.8. The van der Waals surface area contributed by atoms with E-state index in [0.717, 1.165) is 143 Å². The van der Waals surface area contributed by atoms with Crippen molar-refractivity contribution < 1.29 is 13.2 Å². The van der Waals surface area contributed by atoms with Gasteiger partial charge >= 0.3 is 0 Å². The fourth-order valence-electron chi connectivity index (χ4n) is 17.3. The summed E-state index contributed by atoms with van der Waals surface area (Å²) in [5.41, 5.74) is 20.3. The van der Waals surface area contributed by atoms with Crippen molar-refractivity contribution in [3.63, 3.8) is 0 Å². The molecular weight excluding hydrogens is 1460 g/mol. The Labute approximate surface area is 670 Å². The van der Waals surface area contributed by atoms with Gasteiger partial charge in [-0.15, -0.1) is 11.3 Å². The molecule has 0 amide bonds. The summed E-state index contributed by atoms with van der Waals surface area (Å²) < 4.78 is 47.5. The van der Waals surface area contributed by atoms with Crippen LogP contribution in [0.2, 0.25) is 0 Å². The van der Waals surface area contributed by atoms with Gasteiger partial charge in [-0.1, -0.05) is 212 Å². The van der Waals surface area contributed by atoms with Gasteiger partial charge in [0.2, 0.25) is 11.9 Å². The lowest BCUT2D eigenvalue weighted by atomic mass is 10.0. The van der Waals surface area contributed by atoms with E-state index >= 15 is 0 Å². The third kappa shape index (κ3) is 11.3. The third-order valence-corrected chi connectivity index (χ3v) is 23.8. The van der Waals surface area contributed by atoms with E-state index < -0.39 is 11.6 Å². The van der Waals surface area contributed by atoms with Crippen LogP contribution < -0.4 is 0 Å². The van der Waals surface area contributed by atoms with Crippen molar-refractivity contribution in [2.75, 3.05) is 0 Å². The van der Waals surface area contributed by atoms with Crippen LogP contribution in [0.25, 0.3) is 220 Å². The van der Waals surface area contributed by atoms with E-state index in [-0.39, 0.29) is 11.4 Å². The number of hydrogen-bond acceptors (Lipinski definition) is 8. The van der Waals surface area contributed by atoms with Gasteiger partial charge in [0.05, 0.1) is 44.1 Å². The van der Waals surface area contributed by atoms with E-state index in [1.807, 2.05) is 94.8 Å². The molecule has 0 bridgehead atoms. The second-order valence-electron chi connectivity index (χ2n) is 29.7. The van der Waals surface area contributed by atoms with Crippen molar-refractivity contribution in [2.24, 2.45) is 0 Å². The Kier molecular flexibility index (Phi) is 15.5. The van der Waals surface area contributed by atoms with E-state index in [9.17, 15) is 8.78 Å². The van der Waals surface area contributed by atoms with E-state index in [4.69, 9.17) is 34.3 Å². The van der Waals surface area contributed by atoms with Gasteiger partial charge in [0.25, 0.3) is 0 Å². The Morgan fingerprint density at radius 1 is 0.231 bits per heavy atom. The highest BCUT2D eigenvalue weighted by Crippen LogP contribution is 2.45. The first-order chi connectivity index (χ1) is 57.7. The minimum Gasteiger partial charge on any atom is -0.456 e. The van der Waals surface area contributed by atoms with E-state index in [1.165, 1.54) is 54.4 Å². The average Bonchev–Trinajstić information content (AvgIpc) is 1.55. The van der Waals surface area contributed by atoms with Gasteiger partial charge in [0, 0.05) is 120 Å². The standard InChI is InChI=1S/C52H33N5S.C51H29F2N5O/c1-32-20-22-34(23-21-32)50-53-51(36-25-27-45-40(29-36)38-16-8-10-18-44(38)56(45)37-14-6-3-7-15-37)55-52(54-50)57-46-26-24-35(33-12-4-2-5-13-33)28-41(46)42-30-43-39-17-9-11-19-48(39)58-49(43)31-47(42)57;52-34-23-33(24-35(53)27-34)50-54-49(32-20-22-44-39(26-32)37-15-7-9-17-43(37)57(44)36-13-5-2-6-14-36)55-51(56-50)58-45-21-19-31(30-11-3-1-4-12-30)25-40(45)41-28-42-38-16-8-10-18-47(38)59-48(42)29-46(41)58/h2-31H,1H3;1-29H.